The third kappa shape index (κ3) is 5.13. The van der Waals surface area contributed by atoms with Gasteiger partial charge >= 0.3 is 0 Å². The number of halogens is 1. The van der Waals surface area contributed by atoms with Crippen LogP contribution in [0, 0.1) is 5.92 Å². The van der Waals surface area contributed by atoms with E-state index in [1.54, 1.807) is 43.4 Å². The maximum Gasteiger partial charge on any atom is 0.255 e. The van der Waals surface area contributed by atoms with E-state index in [9.17, 15) is 9.59 Å². The van der Waals surface area contributed by atoms with Gasteiger partial charge in [-0.1, -0.05) is 37.1 Å². The zero-order valence-corrected chi connectivity index (χ0v) is 18.9. The predicted molar refractivity (Wildman–Crippen MR) is 121 cm³/mol. The van der Waals surface area contributed by atoms with E-state index in [0.29, 0.717) is 41.7 Å². The molecule has 0 bridgehead atoms. The molecule has 1 heterocycles. The first-order valence-corrected chi connectivity index (χ1v) is 10.9. The number of likely N-dealkylation sites (tertiary alicyclic amines) is 1. The van der Waals surface area contributed by atoms with Crippen molar-refractivity contribution in [1.29, 1.82) is 0 Å². The number of nitrogens with zero attached hydrogens (tertiary/aromatic N) is 1. The zero-order valence-electron chi connectivity index (χ0n) is 18.2. The lowest BCUT2D eigenvalue weighted by Gasteiger charge is -2.21. The van der Waals surface area contributed by atoms with E-state index in [1.165, 1.54) is 0 Å². The monoisotopic (exact) mass is 444 g/mol. The molecular formula is C24H29ClN2O4. The van der Waals surface area contributed by atoms with Crippen molar-refractivity contribution in [3.05, 3.63) is 58.6 Å². The first-order chi connectivity index (χ1) is 15.0. The summed E-state index contributed by atoms with van der Waals surface area (Å²) in [6.45, 7) is 3.40. The molecule has 1 N–H and O–H groups in total. The second kappa shape index (κ2) is 10.5. The molecule has 3 rings (SSSR count). The first-order valence-electron chi connectivity index (χ1n) is 10.5. The Bertz CT molecular complexity index is 934. The normalized spacial score (nSPS) is 18.0. The number of methoxy groups -OCH3 is 2. The van der Waals surface area contributed by atoms with Gasteiger partial charge in [-0.3, -0.25) is 9.59 Å². The lowest BCUT2D eigenvalue weighted by Crippen LogP contribution is -2.36. The summed E-state index contributed by atoms with van der Waals surface area (Å²) < 4.78 is 11.0. The Hall–Kier alpha value is -2.73. The van der Waals surface area contributed by atoms with Gasteiger partial charge in [-0.05, 0) is 36.8 Å². The van der Waals surface area contributed by atoms with E-state index in [1.807, 2.05) is 18.2 Å². The van der Waals surface area contributed by atoms with Gasteiger partial charge < -0.3 is 19.7 Å². The number of nitrogens with one attached hydrogen (secondary N) is 1. The van der Waals surface area contributed by atoms with E-state index >= 15 is 0 Å². The van der Waals surface area contributed by atoms with Crippen LogP contribution in [0.5, 0.6) is 11.5 Å². The smallest absolute Gasteiger partial charge is 0.255 e. The predicted octanol–water partition coefficient (Wildman–Crippen LogP) is 4.13. The molecule has 166 valence electrons. The van der Waals surface area contributed by atoms with Gasteiger partial charge in [-0.2, -0.15) is 0 Å². The molecule has 6 nitrogen and oxygen atoms in total. The van der Waals surface area contributed by atoms with Gasteiger partial charge in [-0.15, -0.1) is 0 Å². The highest BCUT2D eigenvalue weighted by Crippen LogP contribution is 2.40. The van der Waals surface area contributed by atoms with Crippen LogP contribution >= 0.6 is 11.6 Å². The van der Waals surface area contributed by atoms with Crippen molar-refractivity contribution in [3.8, 4) is 11.5 Å². The molecular weight excluding hydrogens is 416 g/mol. The maximum atomic E-state index is 13.2. The number of ether oxygens (including phenoxy) is 2. The topological polar surface area (TPSA) is 67.9 Å². The molecule has 0 unspecified atom stereocenters. The van der Waals surface area contributed by atoms with Crippen LogP contribution in [-0.4, -0.2) is 50.6 Å². The molecule has 0 aliphatic carbocycles. The van der Waals surface area contributed by atoms with E-state index in [2.05, 4.69) is 12.2 Å². The number of carbonyl (C=O) groups excluding carboxylic acids is 2. The molecule has 0 saturated carbocycles. The molecule has 0 radical (unpaired) electrons. The number of carbonyl (C=O) groups is 2. The Morgan fingerprint density at radius 2 is 1.90 bits per heavy atom. The van der Waals surface area contributed by atoms with Gasteiger partial charge in [0.2, 0.25) is 5.91 Å². The minimum atomic E-state index is -0.399. The Kier molecular flexibility index (Phi) is 7.80. The summed E-state index contributed by atoms with van der Waals surface area (Å²) in [5.74, 6) is 0.488. The highest BCUT2D eigenvalue weighted by atomic mass is 35.5. The van der Waals surface area contributed by atoms with Crippen molar-refractivity contribution in [2.75, 3.05) is 33.9 Å². The van der Waals surface area contributed by atoms with Crippen LogP contribution in [0.15, 0.2) is 42.5 Å². The third-order valence-electron chi connectivity index (χ3n) is 5.71. The summed E-state index contributed by atoms with van der Waals surface area (Å²) in [7, 11) is 3.20. The Balaban J connectivity index is 1.94. The Morgan fingerprint density at radius 1 is 1.13 bits per heavy atom. The van der Waals surface area contributed by atoms with Crippen LogP contribution in [-0.2, 0) is 4.79 Å². The summed E-state index contributed by atoms with van der Waals surface area (Å²) in [6, 6.07) is 12.5. The van der Waals surface area contributed by atoms with Gasteiger partial charge in [0, 0.05) is 31.1 Å². The molecule has 2 atom stereocenters. The van der Waals surface area contributed by atoms with Crippen LogP contribution in [0.2, 0.25) is 5.02 Å². The molecule has 1 saturated heterocycles. The summed E-state index contributed by atoms with van der Waals surface area (Å²) in [6.07, 6.45) is 1.91. The third-order valence-corrected chi connectivity index (χ3v) is 6.04. The molecule has 2 aromatic rings. The van der Waals surface area contributed by atoms with Crippen LogP contribution in [0.3, 0.4) is 0 Å². The lowest BCUT2D eigenvalue weighted by atomic mass is 9.87. The molecule has 1 aliphatic rings. The minimum Gasteiger partial charge on any atom is -0.497 e. The van der Waals surface area contributed by atoms with Crippen LogP contribution in [0.25, 0.3) is 0 Å². The van der Waals surface area contributed by atoms with Crippen molar-refractivity contribution in [3.63, 3.8) is 0 Å². The van der Waals surface area contributed by atoms with E-state index in [-0.39, 0.29) is 17.7 Å². The fourth-order valence-electron chi connectivity index (χ4n) is 4.00. The SMILES string of the molecule is CCCCNC(=O)[C@@H]1CN(C(=O)c2ccccc2Cl)C[C@@H]1c1cc(OC)ccc1OC. The molecule has 1 aliphatic heterocycles. The number of benzene rings is 2. The van der Waals surface area contributed by atoms with Crippen molar-refractivity contribution >= 4 is 23.4 Å². The van der Waals surface area contributed by atoms with Gasteiger partial charge in [0.25, 0.3) is 5.91 Å². The van der Waals surface area contributed by atoms with Crippen molar-refractivity contribution in [2.45, 2.75) is 25.7 Å². The zero-order chi connectivity index (χ0) is 22.4. The van der Waals surface area contributed by atoms with Gasteiger partial charge in [0.05, 0.1) is 30.7 Å². The number of hydrogen-bond donors (Lipinski definition) is 1. The lowest BCUT2D eigenvalue weighted by molar-refractivity contribution is -0.124. The van der Waals surface area contributed by atoms with Gasteiger partial charge in [-0.25, -0.2) is 0 Å². The quantitative estimate of drug-likeness (QED) is 0.621. The second-order valence-corrected chi connectivity index (χ2v) is 8.06. The summed E-state index contributed by atoms with van der Waals surface area (Å²) in [5.41, 5.74) is 1.29. The molecule has 0 aromatic heterocycles. The summed E-state index contributed by atoms with van der Waals surface area (Å²) in [5, 5.41) is 3.43. The number of rotatable bonds is 8. The summed E-state index contributed by atoms with van der Waals surface area (Å²) >= 11 is 6.26. The number of unbranched alkanes of at least 4 members (excludes halogenated alkanes) is 1. The average molecular weight is 445 g/mol. The van der Waals surface area contributed by atoms with Gasteiger partial charge in [0.15, 0.2) is 0 Å². The molecule has 7 heteroatoms. The highest BCUT2D eigenvalue weighted by molar-refractivity contribution is 6.33. The minimum absolute atomic E-state index is 0.0576. The van der Waals surface area contributed by atoms with Crippen LogP contribution < -0.4 is 14.8 Å². The maximum absolute atomic E-state index is 13.2. The van der Waals surface area contributed by atoms with Crippen molar-refractivity contribution in [1.82, 2.24) is 10.2 Å². The van der Waals surface area contributed by atoms with Gasteiger partial charge in [0.1, 0.15) is 11.5 Å². The number of hydrogen-bond acceptors (Lipinski definition) is 4. The standard InChI is InChI=1S/C24H29ClN2O4/c1-4-5-12-26-23(28)20-15-27(24(29)17-8-6-7-9-21(17)25)14-19(20)18-13-16(30-2)10-11-22(18)31-3/h6-11,13,19-20H,4-5,12,14-15H2,1-3H3,(H,26,28)/t19-,20-/m1/s1. The Morgan fingerprint density at radius 3 is 2.58 bits per heavy atom. The summed E-state index contributed by atoms with van der Waals surface area (Å²) in [4.78, 5) is 28.0. The molecule has 2 aromatic carbocycles. The van der Waals surface area contributed by atoms with E-state index < -0.39 is 5.92 Å². The average Bonchev–Trinajstić information content (AvgIpc) is 3.24. The largest absolute Gasteiger partial charge is 0.497 e. The molecule has 2 amide bonds. The molecule has 0 spiro atoms. The van der Waals surface area contributed by atoms with E-state index in [4.69, 9.17) is 21.1 Å². The van der Waals surface area contributed by atoms with Crippen molar-refractivity contribution < 1.29 is 19.1 Å². The van der Waals surface area contributed by atoms with Crippen LogP contribution in [0.1, 0.15) is 41.6 Å². The first kappa shape index (κ1) is 22.9. The second-order valence-electron chi connectivity index (χ2n) is 7.66. The molecule has 1 fully saturated rings. The van der Waals surface area contributed by atoms with E-state index in [0.717, 1.165) is 18.4 Å². The van der Waals surface area contributed by atoms with Crippen LogP contribution in [0.4, 0.5) is 0 Å². The fraction of sp³-hybridized carbons (Fsp3) is 0.417. The Labute approximate surface area is 188 Å². The molecule has 31 heavy (non-hydrogen) atoms. The highest BCUT2D eigenvalue weighted by Gasteiger charge is 2.42. The number of amides is 2. The fourth-order valence-corrected chi connectivity index (χ4v) is 4.22. The van der Waals surface area contributed by atoms with Crippen molar-refractivity contribution in [2.24, 2.45) is 5.92 Å².